The minimum Gasteiger partial charge on any atom is -0.457 e. The molecule has 8 rings (SSSR count). The molecule has 3 amide bonds. The van der Waals surface area contributed by atoms with Crippen LogP contribution in [0.15, 0.2) is 158 Å². The standard InChI is InChI=1S/C33H35N3O5.C28H27N3O3/c1-21-6-13-28(22(2)16-21)31(38)40-20-23-7-9-24(10-8-23)29(19-35-32(39)41-33(3,4)5)30(37)36-27-12-11-26-18-34-15-14-25(26)17-27;1-18-3-10-25(19(2)13-18)28(33)34-17-20-4-6-21(7-5-20)26(15-29)27(32)31-24-9-8-23-16-30-12-11-22(23)14-24/h6-18,29H,19-20H2,1-5H3,(H,35,39)(H,36,37);3-14,16,26H,15,17,29H2,1-2H3,(H,31,32)/t29-;26-/m11/s1. The minimum atomic E-state index is -0.706. The van der Waals surface area contributed by atoms with Gasteiger partial charge in [0.2, 0.25) is 11.8 Å². The van der Waals surface area contributed by atoms with E-state index in [9.17, 15) is 24.0 Å². The first-order valence-corrected chi connectivity index (χ1v) is 24.6. The van der Waals surface area contributed by atoms with E-state index in [4.69, 9.17) is 19.9 Å². The molecular weight excluding hydrogens is 945 g/mol. The molecule has 0 aliphatic heterocycles. The molecule has 0 unspecified atom stereocenters. The van der Waals surface area contributed by atoms with Crippen LogP contribution < -0.4 is 21.7 Å². The molecule has 0 saturated heterocycles. The Hall–Kier alpha value is -8.75. The number of benzene rings is 6. The van der Waals surface area contributed by atoms with Gasteiger partial charge in [-0.05, 0) is 141 Å². The molecule has 0 fully saturated rings. The number of carbonyl (C=O) groups is 5. The number of aromatic nitrogens is 2. The highest BCUT2D eigenvalue weighted by Crippen LogP contribution is 2.25. The second-order valence-corrected chi connectivity index (χ2v) is 19.3. The normalized spacial score (nSPS) is 11.8. The summed E-state index contributed by atoms with van der Waals surface area (Å²) in [4.78, 5) is 72.0. The van der Waals surface area contributed by atoms with Crippen molar-refractivity contribution < 1.29 is 38.2 Å². The van der Waals surface area contributed by atoms with Crippen molar-refractivity contribution in [3.63, 3.8) is 0 Å². The largest absolute Gasteiger partial charge is 0.457 e. The van der Waals surface area contributed by atoms with Gasteiger partial charge in [-0.3, -0.25) is 19.6 Å². The highest BCUT2D eigenvalue weighted by Gasteiger charge is 2.25. The third-order valence-electron chi connectivity index (χ3n) is 12.2. The Labute approximate surface area is 437 Å². The van der Waals surface area contributed by atoms with Gasteiger partial charge in [0.15, 0.2) is 0 Å². The number of ether oxygens (including phenoxy) is 3. The summed E-state index contributed by atoms with van der Waals surface area (Å²) in [6, 6.07) is 40.9. The molecule has 6 aromatic carbocycles. The predicted octanol–water partition coefficient (Wildman–Crippen LogP) is 11.3. The summed E-state index contributed by atoms with van der Waals surface area (Å²) >= 11 is 0. The number of amides is 3. The van der Waals surface area contributed by atoms with E-state index in [1.54, 1.807) is 82.0 Å². The number of pyridine rings is 2. The van der Waals surface area contributed by atoms with E-state index in [1.807, 2.05) is 125 Å². The van der Waals surface area contributed by atoms with Crippen LogP contribution in [0.3, 0.4) is 0 Å². The number of carbonyl (C=O) groups excluding carboxylic acids is 5. The third kappa shape index (κ3) is 15.2. The Balaban J connectivity index is 0.000000222. The lowest BCUT2D eigenvalue weighted by molar-refractivity contribution is -0.118. The lowest BCUT2D eigenvalue weighted by atomic mass is 9.96. The number of rotatable bonds is 15. The molecule has 384 valence electrons. The van der Waals surface area contributed by atoms with Gasteiger partial charge in [-0.1, -0.05) is 96.1 Å². The third-order valence-corrected chi connectivity index (χ3v) is 12.2. The number of hydrogen-bond acceptors (Lipinski definition) is 11. The molecular formula is C61H62N6O8. The van der Waals surface area contributed by atoms with Crippen LogP contribution in [0.25, 0.3) is 21.5 Å². The van der Waals surface area contributed by atoms with E-state index in [2.05, 4.69) is 25.9 Å². The van der Waals surface area contributed by atoms with Crippen molar-refractivity contribution in [1.29, 1.82) is 0 Å². The summed E-state index contributed by atoms with van der Waals surface area (Å²) in [7, 11) is 0. The topological polar surface area (TPSA) is 201 Å². The van der Waals surface area contributed by atoms with Crippen LogP contribution in [0.1, 0.15) is 97.8 Å². The number of nitrogens with one attached hydrogen (secondary N) is 3. The van der Waals surface area contributed by atoms with Gasteiger partial charge in [-0.15, -0.1) is 0 Å². The molecule has 5 N–H and O–H groups in total. The molecule has 2 heterocycles. The number of aryl methyl sites for hydroxylation is 4. The van der Waals surface area contributed by atoms with E-state index in [0.717, 1.165) is 60.5 Å². The van der Waals surface area contributed by atoms with Crippen LogP contribution in [-0.4, -0.2) is 58.5 Å². The monoisotopic (exact) mass is 1010 g/mol. The number of hydrogen-bond donors (Lipinski definition) is 4. The van der Waals surface area contributed by atoms with Gasteiger partial charge < -0.3 is 35.9 Å². The van der Waals surface area contributed by atoms with Crippen LogP contribution in [-0.2, 0) is 37.0 Å². The fraction of sp³-hybridized carbons (Fsp3) is 0.230. The molecule has 0 aliphatic rings. The van der Waals surface area contributed by atoms with Gasteiger partial charge in [-0.2, -0.15) is 0 Å². The lowest BCUT2D eigenvalue weighted by Crippen LogP contribution is -2.37. The summed E-state index contributed by atoms with van der Waals surface area (Å²) in [6.07, 6.45) is 6.35. The molecule has 2 atom stereocenters. The summed E-state index contributed by atoms with van der Waals surface area (Å²) in [5.41, 5.74) is 14.7. The Bertz CT molecular complexity index is 3330. The number of fused-ring (bicyclic) bond motifs is 2. The Morgan fingerprint density at radius 1 is 0.533 bits per heavy atom. The molecule has 0 radical (unpaired) electrons. The van der Waals surface area contributed by atoms with Crippen molar-refractivity contribution in [2.45, 2.75) is 79.1 Å². The maximum atomic E-state index is 13.5. The van der Waals surface area contributed by atoms with Crippen LogP contribution in [0.5, 0.6) is 0 Å². The zero-order valence-corrected chi connectivity index (χ0v) is 43.2. The smallest absolute Gasteiger partial charge is 0.407 e. The number of esters is 2. The van der Waals surface area contributed by atoms with Crippen molar-refractivity contribution in [3.05, 3.63) is 214 Å². The maximum Gasteiger partial charge on any atom is 0.407 e. The van der Waals surface area contributed by atoms with Gasteiger partial charge in [0.25, 0.3) is 0 Å². The van der Waals surface area contributed by atoms with Gasteiger partial charge in [0.1, 0.15) is 18.8 Å². The Morgan fingerprint density at radius 3 is 1.40 bits per heavy atom. The predicted molar refractivity (Wildman–Crippen MR) is 292 cm³/mol. The molecule has 14 nitrogen and oxygen atoms in total. The van der Waals surface area contributed by atoms with Crippen LogP contribution >= 0.6 is 0 Å². The van der Waals surface area contributed by atoms with Crippen molar-refractivity contribution in [2.75, 3.05) is 23.7 Å². The molecule has 0 spiro atoms. The molecule has 75 heavy (non-hydrogen) atoms. The maximum absolute atomic E-state index is 13.5. The highest BCUT2D eigenvalue weighted by molar-refractivity contribution is 5.99. The molecule has 0 saturated carbocycles. The van der Waals surface area contributed by atoms with Crippen LogP contribution in [0.2, 0.25) is 0 Å². The highest BCUT2D eigenvalue weighted by atomic mass is 16.6. The van der Waals surface area contributed by atoms with Crippen LogP contribution in [0, 0.1) is 27.7 Å². The quantitative estimate of drug-likeness (QED) is 0.0562. The average molecular weight is 1010 g/mol. The van der Waals surface area contributed by atoms with E-state index in [1.165, 1.54) is 0 Å². The first kappa shape index (κ1) is 54.0. The zero-order chi connectivity index (χ0) is 53.6. The Morgan fingerprint density at radius 2 is 0.973 bits per heavy atom. The summed E-state index contributed by atoms with van der Waals surface area (Å²) in [5.74, 6) is -2.42. The van der Waals surface area contributed by atoms with Gasteiger partial charge in [0, 0.05) is 60.0 Å². The average Bonchev–Trinajstić information content (AvgIpc) is 3.38. The SMILES string of the molecule is Cc1ccc(C(=O)OCc2ccc([C@@H](CN)C(=O)Nc3ccc4cnccc4c3)cc2)c(C)c1.Cc1ccc(C(=O)OCc2ccc([C@@H](CNC(=O)OC(C)(C)C)C(=O)Nc3ccc4cnccc4c3)cc2)c(C)c1. The second kappa shape index (κ2) is 24.8. The molecule has 2 aromatic heterocycles. The number of alkyl carbamates (subject to hydrolysis) is 1. The number of nitrogens with zero attached hydrogens (tertiary/aromatic N) is 2. The number of nitrogens with two attached hydrogens (primary N) is 1. The van der Waals surface area contributed by atoms with Gasteiger partial charge in [0.05, 0.1) is 23.0 Å². The second-order valence-electron chi connectivity index (χ2n) is 19.3. The minimum absolute atomic E-state index is 0.0271. The van der Waals surface area contributed by atoms with Gasteiger partial charge in [-0.25, -0.2) is 14.4 Å². The lowest BCUT2D eigenvalue weighted by Gasteiger charge is -2.22. The van der Waals surface area contributed by atoms with Gasteiger partial charge >= 0.3 is 18.0 Å². The fourth-order valence-electron chi connectivity index (χ4n) is 8.27. The van der Waals surface area contributed by atoms with Crippen LogP contribution in [0.4, 0.5) is 16.2 Å². The molecule has 8 aromatic rings. The molecule has 0 bridgehead atoms. The first-order valence-electron chi connectivity index (χ1n) is 24.6. The van der Waals surface area contributed by atoms with E-state index >= 15 is 0 Å². The molecule has 14 heteroatoms. The zero-order valence-electron chi connectivity index (χ0n) is 43.2. The number of anilines is 2. The molecule has 0 aliphatic carbocycles. The summed E-state index contributed by atoms with van der Waals surface area (Å²) < 4.78 is 16.4. The summed E-state index contributed by atoms with van der Waals surface area (Å²) in [5, 5.41) is 12.5. The van der Waals surface area contributed by atoms with Crippen molar-refractivity contribution in [2.24, 2.45) is 5.73 Å². The van der Waals surface area contributed by atoms with Crippen molar-refractivity contribution >= 4 is 62.8 Å². The Kier molecular flexibility index (Phi) is 17.9. The van der Waals surface area contributed by atoms with E-state index in [0.29, 0.717) is 28.1 Å². The first-order chi connectivity index (χ1) is 35.9. The van der Waals surface area contributed by atoms with E-state index in [-0.39, 0.29) is 44.1 Å². The van der Waals surface area contributed by atoms with Crippen molar-refractivity contribution in [3.8, 4) is 0 Å². The van der Waals surface area contributed by atoms with E-state index < -0.39 is 29.5 Å². The van der Waals surface area contributed by atoms with Crippen molar-refractivity contribution in [1.82, 2.24) is 15.3 Å². The summed E-state index contributed by atoms with van der Waals surface area (Å²) in [6.45, 7) is 13.5. The fourth-order valence-corrected chi connectivity index (χ4v) is 8.27.